The topological polar surface area (TPSA) is 61.8 Å². The van der Waals surface area contributed by atoms with E-state index in [1.54, 1.807) is 0 Å². The molecular formula is C21H20F3N3O2S. The van der Waals surface area contributed by atoms with Crippen LogP contribution in [0.3, 0.4) is 0 Å². The fraction of sp³-hybridized carbons (Fsp3) is 0.286. The Balaban J connectivity index is 1.62. The van der Waals surface area contributed by atoms with E-state index < -0.39 is 17.0 Å². The Hall–Kier alpha value is -2.81. The summed E-state index contributed by atoms with van der Waals surface area (Å²) >= 11 is 1.04. The highest BCUT2D eigenvalue weighted by atomic mass is 32.2. The highest BCUT2D eigenvalue weighted by molar-refractivity contribution is 8.15. The van der Waals surface area contributed by atoms with E-state index in [1.165, 1.54) is 24.1 Å². The lowest BCUT2D eigenvalue weighted by atomic mass is 10.1. The van der Waals surface area contributed by atoms with Crippen LogP contribution in [-0.2, 0) is 22.2 Å². The van der Waals surface area contributed by atoms with Crippen LogP contribution in [0.15, 0.2) is 59.6 Å². The Morgan fingerprint density at radius 2 is 1.90 bits per heavy atom. The maximum Gasteiger partial charge on any atom is 0.416 e. The van der Waals surface area contributed by atoms with E-state index in [0.717, 1.165) is 29.5 Å². The lowest BCUT2D eigenvalue weighted by Gasteiger charge is -2.16. The third-order valence-corrected chi connectivity index (χ3v) is 5.73. The number of rotatable bonds is 5. The number of nitrogens with one attached hydrogen (secondary N) is 1. The molecule has 0 saturated carbocycles. The zero-order valence-electron chi connectivity index (χ0n) is 16.1. The lowest BCUT2D eigenvalue weighted by Crippen LogP contribution is -2.33. The van der Waals surface area contributed by atoms with Gasteiger partial charge >= 0.3 is 6.18 Å². The summed E-state index contributed by atoms with van der Waals surface area (Å²) in [6, 6.07) is 14.3. The van der Waals surface area contributed by atoms with Crippen molar-refractivity contribution in [2.45, 2.75) is 24.3 Å². The maximum absolute atomic E-state index is 12.9. The number of imide groups is 1. The smallest absolute Gasteiger partial charge is 0.335 e. The molecule has 2 aromatic carbocycles. The number of amides is 2. The minimum absolute atomic E-state index is 0.0293. The Morgan fingerprint density at radius 1 is 1.17 bits per heavy atom. The molecule has 1 aliphatic heterocycles. The number of amidine groups is 1. The van der Waals surface area contributed by atoms with E-state index in [0.29, 0.717) is 13.0 Å². The molecule has 1 saturated heterocycles. The Kier molecular flexibility index (Phi) is 6.81. The van der Waals surface area contributed by atoms with Gasteiger partial charge < -0.3 is 5.32 Å². The van der Waals surface area contributed by atoms with Crippen LogP contribution in [-0.4, -0.2) is 40.7 Å². The molecule has 3 rings (SSSR count). The van der Waals surface area contributed by atoms with E-state index in [9.17, 15) is 22.8 Å². The van der Waals surface area contributed by atoms with Crippen molar-refractivity contribution < 1.29 is 22.8 Å². The molecule has 1 aliphatic rings. The van der Waals surface area contributed by atoms with E-state index in [4.69, 9.17) is 0 Å². The first-order valence-electron chi connectivity index (χ1n) is 9.24. The van der Waals surface area contributed by atoms with Crippen molar-refractivity contribution in [1.82, 2.24) is 4.90 Å². The van der Waals surface area contributed by atoms with Crippen molar-refractivity contribution in [1.29, 1.82) is 0 Å². The SMILES string of the molecule is CN=C(Nc1cccc(C(F)(F)F)c1)S[C@H]1CC(=O)N(CCc2ccccc2)C1=O. The minimum atomic E-state index is -4.46. The molecular weight excluding hydrogens is 415 g/mol. The number of hydrogen-bond acceptors (Lipinski definition) is 4. The second kappa shape index (κ2) is 9.34. The summed E-state index contributed by atoms with van der Waals surface area (Å²) in [5.74, 6) is -0.573. The second-order valence-electron chi connectivity index (χ2n) is 6.66. The Morgan fingerprint density at radius 3 is 2.57 bits per heavy atom. The molecule has 30 heavy (non-hydrogen) atoms. The molecule has 9 heteroatoms. The number of aliphatic imine (C=N–C) groups is 1. The average molecular weight is 435 g/mol. The molecule has 5 nitrogen and oxygen atoms in total. The summed E-state index contributed by atoms with van der Waals surface area (Å²) in [4.78, 5) is 30.2. The summed E-state index contributed by atoms with van der Waals surface area (Å²) in [6.45, 7) is 0.290. The number of carbonyl (C=O) groups excluding carboxylic acids is 2. The van der Waals surface area contributed by atoms with Gasteiger partial charge in [-0.1, -0.05) is 48.2 Å². The Bertz CT molecular complexity index is 948. The Labute approximate surface area is 176 Å². The van der Waals surface area contributed by atoms with Gasteiger partial charge in [0.15, 0.2) is 5.17 Å². The molecule has 2 amide bonds. The van der Waals surface area contributed by atoms with Crippen LogP contribution in [0.25, 0.3) is 0 Å². The van der Waals surface area contributed by atoms with Gasteiger partial charge in [-0.25, -0.2) is 0 Å². The van der Waals surface area contributed by atoms with Gasteiger partial charge in [0.05, 0.1) is 5.56 Å². The van der Waals surface area contributed by atoms with Crippen LogP contribution in [0.4, 0.5) is 18.9 Å². The first-order chi connectivity index (χ1) is 14.3. The molecule has 0 aliphatic carbocycles. The number of halogens is 3. The van der Waals surface area contributed by atoms with Crippen molar-refractivity contribution >= 4 is 34.4 Å². The van der Waals surface area contributed by atoms with Gasteiger partial charge in [-0.05, 0) is 30.2 Å². The number of nitrogens with zero attached hydrogens (tertiary/aromatic N) is 2. The lowest BCUT2D eigenvalue weighted by molar-refractivity contribution is -0.139. The minimum Gasteiger partial charge on any atom is -0.335 e. The van der Waals surface area contributed by atoms with Crippen LogP contribution in [0.5, 0.6) is 0 Å². The van der Waals surface area contributed by atoms with E-state index in [2.05, 4.69) is 10.3 Å². The first kappa shape index (κ1) is 21.9. The van der Waals surface area contributed by atoms with Crippen LogP contribution in [0, 0.1) is 0 Å². The quantitative estimate of drug-likeness (QED) is 0.434. The van der Waals surface area contributed by atoms with Crippen molar-refractivity contribution in [3.05, 3.63) is 65.7 Å². The van der Waals surface area contributed by atoms with Crippen molar-refractivity contribution in [3.63, 3.8) is 0 Å². The largest absolute Gasteiger partial charge is 0.416 e. The highest BCUT2D eigenvalue weighted by Crippen LogP contribution is 2.32. The first-order valence-corrected chi connectivity index (χ1v) is 10.1. The molecule has 0 radical (unpaired) electrons. The molecule has 0 aromatic heterocycles. The molecule has 0 unspecified atom stereocenters. The van der Waals surface area contributed by atoms with Crippen molar-refractivity contribution in [2.24, 2.45) is 4.99 Å². The molecule has 0 bridgehead atoms. The van der Waals surface area contributed by atoms with Gasteiger partial charge in [0.25, 0.3) is 0 Å². The number of anilines is 1. The molecule has 1 heterocycles. The van der Waals surface area contributed by atoms with E-state index in [-0.39, 0.29) is 29.1 Å². The normalized spacial score (nSPS) is 17.5. The van der Waals surface area contributed by atoms with Crippen LogP contribution >= 0.6 is 11.8 Å². The molecule has 1 atom stereocenters. The summed E-state index contributed by atoms with van der Waals surface area (Å²) in [6.07, 6.45) is -3.87. The third kappa shape index (κ3) is 5.41. The van der Waals surface area contributed by atoms with Gasteiger partial charge in [-0.3, -0.25) is 19.5 Å². The van der Waals surface area contributed by atoms with Gasteiger partial charge in [0.1, 0.15) is 5.25 Å². The predicted octanol–water partition coefficient (Wildman–Crippen LogP) is 4.21. The number of alkyl halides is 3. The zero-order chi connectivity index (χ0) is 21.7. The fourth-order valence-electron chi connectivity index (χ4n) is 3.03. The highest BCUT2D eigenvalue weighted by Gasteiger charge is 2.39. The number of benzene rings is 2. The number of thioether (sulfide) groups is 1. The summed E-state index contributed by atoms with van der Waals surface area (Å²) in [5, 5.41) is 2.41. The van der Waals surface area contributed by atoms with Crippen LogP contribution in [0.1, 0.15) is 17.5 Å². The molecule has 0 spiro atoms. The predicted molar refractivity (Wildman–Crippen MR) is 111 cm³/mol. The van der Waals surface area contributed by atoms with Gasteiger partial charge in [-0.15, -0.1) is 0 Å². The summed E-state index contributed by atoms with van der Waals surface area (Å²) < 4.78 is 38.7. The number of hydrogen-bond donors (Lipinski definition) is 1. The summed E-state index contributed by atoms with van der Waals surface area (Å²) in [5.41, 5.74) is 0.444. The van der Waals surface area contributed by atoms with Gasteiger partial charge in [0.2, 0.25) is 11.8 Å². The standard InChI is InChI=1S/C21H20F3N3O2S/c1-25-20(26-16-9-5-8-15(12-16)21(22,23)24)30-17-13-18(28)27(19(17)29)11-10-14-6-3-2-4-7-14/h2-9,12,17H,10-11,13H2,1H3,(H,25,26)/t17-/m0/s1. The molecule has 2 aromatic rings. The molecule has 1 N–H and O–H groups in total. The number of likely N-dealkylation sites (tertiary alicyclic amines) is 1. The van der Waals surface area contributed by atoms with Gasteiger partial charge in [-0.2, -0.15) is 13.2 Å². The van der Waals surface area contributed by atoms with Crippen molar-refractivity contribution in [3.8, 4) is 0 Å². The monoisotopic (exact) mass is 435 g/mol. The zero-order valence-corrected chi connectivity index (χ0v) is 17.0. The third-order valence-electron chi connectivity index (χ3n) is 4.57. The van der Waals surface area contributed by atoms with Crippen LogP contribution in [0.2, 0.25) is 0 Å². The second-order valence-corrected chi connectivity index (χ2v) is 7.85. The fourth-order valence-corrected chi connectivity index (χ4v) is 4.04. The van der Waals surface area contributed by atoms with Crippen LogP contribution < -0.4 is 5.32 Å². The average Bonchev–Trinajstić information content (AvgIpc) is 2.99. The van der Waals surface area contributed by atoms with E-state index in [1.807, 2.05) is 30.3 Å². The van der Waals surface area contributed by atoms with E-state index >= 15 is 0 Å². The maximum atomic E-state index is 12.9. The molecule has 1 fully saturated rings. The molecule has 158 valence electrons. The summed E-state index contributed by atoms with van der Waals surface area (Å²) in [7, 11) is 1.47. The number of carbonyl (C=O) groups is 2. The van der Waals surface area contributed by atoms with Crippen molar-refractivity contribution in [2.75, 3.05) is 18.9 Å². The van der Waals surface area contributed by atoms with Gasteiger partial charge in [0, 0.05) is 25.7 Å².